The Bertz CT molecular complexity index is 936. The number of carbonyl (C=O) groups excluding carboxylic acids is 1. The lowest BCUT2D eigenvalue weighted by atomic mass is 10.2. The minimum Gasteiger partial charge on any atom is -0.421 e. The number of aryl methyl sites for hydroxylation is 1. The van der Waals surface area contributed by atoms with E-state index >= 15 is 0 Å². The molecule has 1 amide bonds. The summed E-state index contributed by atoms with van der Waals surface area (Å²) in [5, 5.41) is 8.86. The molecule has 0 atom stereocenters. The van der Waals surface area contributed by atoms with Crippen LogP contribution in [0.4, 0.5) is 5.69 Å². The van der Waals surface area contributed by atoms with Crippen molar-refractivity contribution in [1.29, 1.82) is 0 Å². The number of carbonyl (C=O) groups is 1. The fourth-order valence-electron chi connectivity index (χ4n) is 3.31. The number of nitrogens with zero attached hydrogens (tertiary/aromatic N) is 4. The molecule has 1 aromatic heterocycles. The van der Waals surface area contributed by atoms with Gasteiger partial charge in [0.05, 0.1) is 0 Å². The highest BCUT2D eigenvalue weighted by molar-refractivity contribution is 6.30. The first-order valence-electron chi connectivity index (χ1n) is 9.35. The van der Waals surface area contributed by atoms with E-state index in [4.69, 9.17) is 16.0 Å². The minimum atomic E-state index is 0.116. The largest absolute Gasteiger partial charge is 0.421 e. The number of aromatic nitrogens is 2. The molecule has 1 fully saturated rings. The molecule has 6 nitrogen and oxygen atoms in total. The van der Waals surface area contributed by atoms with Crippen LogP contribution in [0.1, 0.15) is 12.3 Å². The number of amides is 1. The van der Waals surface area contributed by atoms with Crippen LogP contribution in [0.5, 0.6) is 0 Å². The van der Waals surface area contributed by atoms with E-state index < -0.39 is 0 Å². The van der Waals surface area contributed by atoms with Crippen molar-refractivity contribution in [2.45, 2.75) is 12.8 Å². The van der Waals surface area contributed by atoms with Gasteiger partial charge in [0, 0.05) is 55.3 Å². The zero-order chi connectivity index (χ0) is 19.3. The van der Waals surface area contributed by atoms with Gasteiger partial charge in [-0.2, -0.15) is 0 Å². The monoisotopic (exact) mass is 396 g/mol. The summed E-state index contributed by atoms with van der Waals surface area (Å²) in [5.41, 5.74) is 1.98. The lowest BCUT2D eigenvalue weighted by Gasteiger charge is -2.36. The lowest BCUT2D eigenvalue weighted by Crippen LogP contribution is -2.48. The van der Waals surface area contributed by atoms with E-state index in [1.54, 1.807) is 0 Å². The SMILES string of the molecule is O=C(CCc1nnc(-c2ccccc2)o1)N1CCN(c2cccc(Cl)c2)CC1. The van der Waals surface area contributed by atoms with Crippen LogP contribution in [0.3, 0.4) is 0 Å². The Balaban J connectivity index is 1.28. The number of hydrogen-bond donors (Lipinski definition) is 0. The molecule has 4 rings (SSSR count). The molecule has 0 radical (unpaired) electrons. The molecular weight excluding hydrogens is 376 g/mol. The van der Waals surface area contributed by atoms with Crippen molar-refractivity contribution in [2.75, 3.05) is 31.1 Å². The molecule has 3 aromatic rings. The van der Waals surface area contributed by atoms with Gasteiger partial charge in [-0.1, -0.05) is 35.9 Å². The van der Waals surface area contributed by atoms with Gasteiger partial charge < -0.3 is 14.2 Å². The van der Waals surface area contributed by atoms with Crippen molar-refractivity contribution in [3.8, 4) is 11.5 Å². The van der Waals surface area contributed by atoms with Gasteiger partial charge in [0.1, 0.15) is 0 Å². The van der Waals surface area contributed by atoms with Crippen molar-refractivity contribution < 1.29 is 9.21 Å². The first kappa shape index (κ1) is 18.5. The highest BCUT2D eigenvalue weighted by atomic mass is 35.5. The van der Waals surface area contributed by atoms with Crippen molar-refractivity contribution >= 4 is 23.2 Å². The smallest absolute Gasteiger partial charge is 0.247 e. The van der Waals surface area contributed by atoms with Crippen LogP contribution in [0, 0.1) is 0 Å². The number of anilines is 1. The molecule has 0 bridgehead atoms. The summed E-state index contributed by atoms with van der Waals surface area (Å²) < 4.78 is 5.68. The number of rotatable bonds is 5. The van der Waals surface area contributed by atoms with E-state index in [2.05, 4.69) is 15.1 Å². The van der Waals surface area contributed by atoms with Crippen molar-refractivity contribution in [3.05, 3.63) is 65.5 Å². The van der Waals surface area contributed by atoms with E-state index in [-0.39, 0.29) is 5.91 Å². The van der Waals surface area contributed by atoms with Gasteiger partial charge in [0.2, 0.25) is 17.7 Å². The topological polar surface area (TPSA) is 62.5 Å². The van der Waals surface area contributed by atoms with Gasteiger partial charge in [-0.3, -0.25) is 4.79 Å². The molecule has 2 aromatic carbocycles. The van der Waals surface area contributed by atoms with Gasteiger partial charge in [-0.15, -0.1) is 10.2 Å². The maximum absolute atomic E-state index is 12.5. The van der Waals surface area contributed by atoms with Crippen LogP contribution in [0.15, 0.2) is 59.0 Å². The molecule has 1 aliphatic rings. The van der Waals surface area contributed by atoms with E-state index in [1.807, 2.05) is 59.5 Å². The standard InChI is InChI=1S/C21H21ClN4O2/c22-17-7-4-8-18(15-17)25-11-13-26(14-12-25)20(27)10-9-19-23-24-21(28-19)16-5-2-1-3-6-16/h1-8,15H,9-14H2. The molecule has 2 heterocycles. The summed E-state index contributed by atoms with van der Waals surface area (Å²) >= 11 is 6.07. The van der Waals surface area contributed by atoms with Gasteiger partial charge in [-0.05, 0) is 30.3 Å². The van der Waals surface area contributed by atoms with E-state index in [1.165, 1.54) is 0 Å². The molecule has 7 heteroatoms. The lowest BCUT2D eigenvalue weighted by molar-refractivity contribution is -0.131. The average molecular weight is 397 g/mol. The number of hydrogen-bond acceptors (Lipinski definition) is 5. The molecule has 0 N–H and O–H groups in total. The maximum Gasteiger partial charge on any atom is 0.247 e. The summed E-state index contributed by atoms with van der Waals surface area (Å²) in [4.78, 5) is 16.7. The van der Waals surface area contributed by atoms with Gasteiger partial charge in [0.25, 0.3) is 0 Å². The van der Waals surface area contributed by atoms with Crippen molar-refractivity contribution in [1.82, 2.24) is 15.1 Å². The van der Waals surface area contributed by atoms with E-state index in [0.717, 1.165) is 29.4 Å². The zero-order valence-corrected chi connectivity index (χ0v) is 16.2. The Morgan fingerprint density at radius 3 is 2.54 bits per heavy atom. The second-order valence-corrected chi connectivity index (χ2v) is 7.15. The average Bonchev–Trinajstić information content (AvgIpc) is 3.22. The fraction of sp³-hybridized carbons (Fsp3) is 0.286. The Kier molecular flexibility index (Phi) is 5.58. The predicted molar refractivity (Wildman–Crippen MR) is 108 cm³/mol. The zero-order valence-electron chi connectivity index (χ0n) is 15.4. The van der Waals surface area contributed by atoms with Crippen LogP contribution in [0.25, 0.3) is 11.5 Å². The normalized spacial score (nSPS) is 14.3. The second-order valence-electron chi connectivity index (χ2n) is 6.71. The Labute approximate surface area is 168 Å². The van der Waals surface area contributed by atoms with Crippen molar-refractivity contribution in [2.24, 2.45) is 0 Å². The summed E-state index contributed by atoms with van der Waals surface area (Å²) in [6, 6.07) is 17.4. The van der Waals surface area contributed by atoms with Crippen LogP contribution < -0.4 is 4.90 Å². The summed E-state index contributed by atoms with van der Waals surface area (Å²) in [6.45, 7) is 2.99. The fourth-order valence-corrected chi connectivity index (χ4v) is 3.50. The van der Waals surface area contributed by atoms with Crippen LogP contribution >= 0.6 is 11.6 Å². The van der Waals surface area contributed by atoms with Crippen LogP contribution in [-0.4, -0.2) is 47.2 Å². The molecule has 28 heavy (non-hydrogen) atoms. The number of halogens is 1. The van der Waals surface area contributed by atoms with Gasteiger partial charge in [-0.25, -0.2) is 0 Å². The third-order valence-corrected chi connectivity index (χ3v) is 5.08. The Hall–Kier alpha value is -2.86. The van der Waals surface area contributed by atoms with Crippen LogP contribution in [0.2, 0.25) is 5.02 Å². The van der Waals surface area contributed by atoms with Gasteiger partial charge in [0.15, 0.2) is 0 Å². The minimum absolute atomic E-state index is 0.116. The van der Waals surface area contributed by atoms with E-state index in [0.29, 0.717) is 37.7 Å². The first-order chi connectivity index (χ1) is 13.7. The molecule has 0 spiro atoms. The molecular formula is C21H21ClN4O2. The molecule has 0 aliphatic carbocycles. The second kappa shape index (κ2) is 8.44. The Morgan fingerprint density at radius 2 is 1.79 bits per heavy atom. The first-order valence-corrected chi connectivity index (χ1v) is 9.73. The van der Waals surface area contributed by atoms with Crippen LogP contribution in [-0.2, 0) is 11.2 Å². The Morgan fingerprint density at radius 1 is 1.00 bits per heavy atom. The molecule has 1 aliphatic heterocycles. The molecule has 0 unspecified atom stereocenters. The highest BCUT2D eigenvalue weighted by Crippen LogP contribution is 2.21. The third kappa shape index (κ3) is 4.34. The molecule has 0 saturated carbocycles. The van der Waals surface area contributed by atoms with Gasteiger partial charge >= 0.3 is 0 Å². The summed E-state index contributed by atoms with van der Waals surface area (Å²) in [5.74, 6) is 1.09. The summed E-state index contributed by atoms with van der Waals surface area (Å²) in [6.07, 6.45) is 0.820. The number of benzene rings is 2. The maximum atomic E-state index is 12.5. The molecule has 144 valence electrons. The number of piperazine rings is 1. The van der Waals surface area contributed by atoms with Crippen molar-refractivity contribution in [3.63, 3.8) is 0 Å². The third-order valence-electron chi connectivity index (χ3n) is 4.85. The summed E-state index contributed by atoms with van der Waals surface area (Å²) in [7, 11) is 0. The quantitative estimate of drug-likeness (QED) is 0.658. The highest BCUT2D eigenvalue weighted by Gasteiger charge is 2.22. The molecule has 1 saturated heterocycles. The predicted octanol–water partition coefficient (Wildman–Crippen LogP) is 3.67. The van der Waals surface area contributed by atoms with E-state index in [9.17, 15) is 4.79 Å².